The van der Waals surface area contributed by atoms with Gasteiger partial charge in [0.2, 0.25) is 0 Å². The lowest BCUT2D eigenvalue weighted by Crippen LogP contribution is -2.49. The highest BCUT2D eigenvalue weighted by atomic mass is 79.9. The second-order valence-corrected chi connectivity index (χ2v) is 4.66. The minimum atomic E-state index is -0.131. The van der Waals surface area contributed by atoms with E-state index in [9.17, 15) is 4.79 Å². The van der Waals surface area contributed by atoms with Crippen molar-refractivity contribution in [2.75, 3.05) is 20.2 Å². The number of carbonyl (C=O) groups excluding carboxylic acids is 1. The summed E-state index contributed by atoms with van der Waals surface area (Å²) in [5.41, 5.74) is 1.06. The number of hydrogen-bond acceptors (Lipinski definition) is 3. The molecule has 0 aromatic carbocycles. The van der Waals surface area contributed by atoms with Crippen LogP contribution in [0.5, 0.6) is 0 Å². The van der Waals surface area contributed by atoms with Gasteiger partial charge in [-0.3, -0.25) is 4.79 Å². The van der Waals surface area contributed by atoms with Crippen molar-refractivity contribution in [1.82, 2.24) is 4.90 Å². The largest absolute Gasteiger partial charge is 0.469 e. The Morgan fingerprint density at radius 1 is 1.56 bits per heavy atom. The molecule has 1 saturated heterocycles. The number of likely N-dealkylation sites (tertiary alicyclic amines) is 1. The maximum atomic E-state index is 11.2. The number of hydrogen-bond donors (Lipinski definition) is 0. The Morgan fingerprint density at radius 3 is 2.62 bits per heavy atom. The summed E-state index contributed by atoms with van der Waals surface area (Å²) in [5, 5.41) is 0. The highest BCUT2D eigenvalue weighted by Gasteiger charge is 2.33. The zero-order valence-electron chi connectivity index (χ0n) is 9.57. The molecule has 1 aliphatic heterocycles. The summed E-state index contributed by atoms with van der Waals surface area (Å²) in [6, 6.07) is 0. The van der Waals surface area contributed by atoms with Crippen molar-refractivity contribution in [1.29, 1.82) is 0 Å². The molecule has 3 nitrogen and oxygen atoms in total. The Balaban J connectivity index is 2.59. The third kappa shape index (κ3) is 3.23. The van der Waals surface area contributed by atoms with Crippen LogP contribution in [0.2, 0.25) is 0 Å². The van der Waals surface area contributed by atoms with Crippen molar-refractivity contribution >= 4 is 21.9 Å². The first-order valence-corrected chi connectivity index (χ1v) is 5.89. The average molecular weight is 286 g/mol. The predicted molar refractivity (Wildman–Crippen MR) is 68.0 cm³/mol. The van der Waals surface area contributed by atoms with Gasteiger partial charge in [-0.15, -0.1) is 0 Å². The van der Waals surface area contributed by atoms with Crippen LogP contribution in [0.1, 0.15) is 6.92 Å². The minimum Gasteiger partial charge on any atom is -0.469 e. The standard InChI is InChI=1S/C12H16BrNO2/c1-4-5-11(6-9(2)13)14-7-10(8-14)12(15)16-3/h4-6,10H,2,7-8H2,1,3H3/b5-4-,11-6+. The molecule has 0 spiro atoms. The molecule has 4 heteroatoms. The zero-order valence-corrected chi connectivity index (χ0v) is 11.2. The molecular formula is C12H16BrNO2. The van der Waals surface area contributed by atoms with Gasteiger partial charge in [0.1, 0.15) is 0 Å². The number of methoxy groups -OCH3 is 1. The molecule has 1 rings (SSSR count). The summed E-state index contributed by atoms with van der Waals surface area (Å²) in [7, 11) is 1.42. The number of carbonyl (C=O) groups is 1. The maximum absolute atomic E-state index is 11.2. The zero-order chi connectivity index (χ0) is 12.1. The number of ether oxygens (including phenoxy) is 1. The fraction of sp³-hybridized carbons (Fsp3) is 0.417. The summed E-state index contributed by atoms with van der Waals surface area (Å²) < 4.78 is 5.51. The maximum Gasteiger partial charge on any atom is 0.312 e. The number of nitrogens with zero attached hydrogens (tertiary/aromatic N) is 1. The smallest absolute Gasteiger partial charge is 0.312 e. The molecule has 16 heavy (non-hydrogen) atoms. The van der Waals surface area contributed by atoms with E-state index in [2.05, 4.69) is 27.4 Å². The van der Waals surface area contributed by atoms with E-state index in [4.69, 9.17) is 4.74 Å². The average Bonchev–Trinajstić information content (AvgIpc) is 2.14. The van der Waals surface area contributed by atoms with Gasteiger partial charge in [0.25, 0.3) is 0 Å². The summed E-state index contributed by atoms with van der Waals surface area (Å²) >= 11 is 3.30. The molecule has 0 amide bonds. The van der Waals surface area contributed by atoms with Crippen LogP contribution in [0.3, 0.4) is 0 Å². The van der Waals surface area contributed by atoms with E-state index in [-0.39, 0.29) is 11.9 Å². The lowest BCUT2D eigenvalue weighted by atomic mass is 9.99. The van der Waals surface area contributed by atoms with Gasteiger partial charge in [0.05, 0.1) is 13.0 Å². The first kappa shape index (κ1) is 13.0. The Labute approximate surface area is 105 Å². The summed E-state index contributed by atoms with van der Waals surface area (Å²) in [5.74, 6) is -0.129. The summed E-state index contributed by atoms with van der Waals surface area (Å²) in [6.45, 7) is 7.16. The molecule has 0 atom stereocenters. The molecule has 0 aromatic rings. The lowest BCUT2D eigenvalue weighted by molar-refractivity contribution is -0.150. The molecule has 0 bridgehead atoms. The molecule has 1 fully saturated rings. The highest BCUT2D eigenvalue weighted by molar-refractivity contribution is 9.11. The SMILES string of the molecule is C=C(Br)/C=C(\C=C/C)N1CC(C(=O)OC)C1. The van der Waals surface area contributed by atoms with E-state index in [0.29, 0.717) is 13.1 Å². The van der Waals surface area contributed by atoms with Crippen molar-refractivity contribution < 1.29 is 9.53 Å². The van der Waals surface area contributed by atoms with Crippen LogP contribution in [-0.2, 0) is 9.53 Å². The Morgan fingerprint density at radius 2 is 2.19 bits per heavy atom. The third-order valence-electron chi connectivity index (χ3n) is 2.42. The molecule has 0 radical (unpaired) electrons. The van der Waals surface area contributed by atoms with E-state index in [1.54, 1.807) is 0 Å². The predicted octanol–water partition coefficient (Wildman–Crippen LogP) is 2.46. The molecule has 1 heterocycles. The van der Waals surface area contributed by atoms with Crippen LogP contribution < -0.4 is 0 Å². The van der Waals surface area contributed by atoms with Gasteiger partial charge >= 0.3 is 5.97 Å². The molecule has 0 unspecified atom stereocenters. The van der Waals surface area contributed by atoms with E-state index in [0.717, 1.165) is 10.2 Å². The van der Waals surface area contributed by atoms with E-state index in [1.165, 1.54) is 7.11 Å². The quantitative estimate of drug-likeness (QED) is 0.587. The third-order valence-corrected chi connectivity index (χ3v) is 2.65. The van der Waals surface area contributed by atoms with Crippen LogP contribution in [0.4, 0.5) is 0 Å². The summed E-state index contributed by atoms with van der Waals surface area (Å²) in [6.07, 6.45) is 5.90. The van der Waals surface area contributed by atoms with E-state index < -0.39 is 0 Å². The van der Waals surface area contributed by atoms with Crippen molar-refractivity contribution in [2.45, 2.75) is 6.92 Å². The van der Waals surface area contributed by atoms with E-state index in [1.807, 2.05) is 25.2 Å². The second-order valence-electron chi connectivity index (χ2n) is 3.64. The van der Waals surface area contributed by atoms with Crippen molar-refractivity contribution in [3.05, 3.63) is 35.0 Å². The molecule has 0 saturated carbocycles. The monoisotopic (exact) mass is 285 g/mol. The number of esters is 1. The topological polar surface area (TPSA) is 29.5 Å². The fourth-order valence-electron chi connectivity index (χ4n) is 1.58. The minimum absolute atomic E-state index is 0.00208. The van der Waals surface area contributed by atoms with Gasteiger partial charge in [-0.05, 0) is 19.1 Å². The van der Waals surface area contributed by atoms with Crippen molar-refractivity contribution in [3.63, 3.8) is 0 Å². The number of rotatable bonds is 4. The Bertz CT molecular complexity index is 341. The molecular weight excluding hydrogens is 270 g/mol. The van der Waals surface area contributed by atoms with Crippen LogP contribution in [0.25, 0.3) is 0 Å². The van der Waals surface area contributed by atoms with Gasteiger partial charge in [-0.25, -0.2) is 0 Å². The molecule has 0 N–H and O–H groups in total. The van der Waals surface area contributed by atoms with Gasteiger partial charge in [0, 0.05) is 23.3 Å². The first-order valence-electron chi connectivity index (χ1n) is 5.10. The summed E-state index contributed by atoms with van der Waals surface area (Å²) in [4.78, 5) is 13.3. The Hall–Kier alpha value is -1.03. The lowest BCUT2D eigenvalue weighted by Gasteiger charge is -2.40. The highest BCUT2D eigenvalue weighted by Crippen LogP contribution is 2.24. The second kappa shape index (κ2) is 5.89. The normalized spacial score (nSPS) is 17.4. The van der Waals surface area contributed by atoms with Gasteiger partial charge in [0.15, 0.2) is 0 Å². The van der Waals surface area contributed by atoms with Crippen LogP contribution >= 0.6 is 15.9 Å². The number of allylic oxidation sites excluding steroid dienone is 4. The Kier molecular flexibility index (Phi) is 4.80. The molecule has 1 aliphatic rings. The number of halogens is 1. The van der Waals surface area contributed by atoms with Crippen LogP contribution in [0, 0.1) is 5.92 Å². The van der Waals surface area contributed by atoms with Crippen molar-refractivity contribution in [2.24, 2.45) is 5.92 Å². The van der Waals surface area contributed by atoms with E-state index >= 15 is 0 Å². The molecule has 0 aliphatic carbocycles. The van der Waals surface area contributed by atoms with Gasteiger partial charge < -0.3 is 9.64 Å². The molecule has 88 valence electrons. The molecule has 0 aromatic heterocycles. The van der Waals surface area contributed by atoms with Crippen LogP contribution in [0.15, 0.2) is 35.0 Å². The fourth-order valence-corrected chi connectivity index (χ4v) is 1.82. The van der Waals surface area contributed by atoms with Gasteiger partial charge in [-0.1, -0.05) is 28.6 Å². The van der Waals surface area contributed by atoms with Crippen LogP contribution in [-0.4, -0.2) is 31.1 Å². The first-order chi connectivity index (χ1) is 7.58. The van der Waals surface area contributed by atoms with Gasteiger partial charge in [-0.2, -0.15) is 0 Å². The van der Waals surface area contributed by atoms with Crippen molar-refractivity contribution in [3.8, 4) is 0 Å².